The normalized spacial score (nSPS) is 11.1. The summed E-state index contributed by atoms with van der Waals surface area (Å²) in [7, 11) is 3.22. The third kappa shape index (κ3) is 4.91. The monoisotopic (exact) mass is 418 g/mol. The highest BCUT2D eigenvalue weighted by Crippen LogP contribution is 2.36. The largest absolute Gasteiger partial charge is 0.497 e. The van der Waals surface area contributed by atoms with Crippen LogP contribution >= 0.6 is 0 Å². The first kappa shape index (κ1) is 21.2. The molecule has 0 aliphatic carbocycles. The number of alkyl halides is 3. The van der Waals surface area contributed by atoms with E-state index in [4.69, 9.17) is 9.47 Å². The molecule has 30 heavy (non-hydrogen) atoms. The minimum absolute atomic E-state index is 0.113. The first-order chi connectivity index (χ1) is 14.3. The predicted octanol–water partition coefficient (Wildman–Crippen LogP) is 5.41. The van der Waals surface area contributed by atoms with Gasteiger partial charge < -0.3 is 19.7 Å². The summed E-state index contributed by atoms with van der Waals surface area (Å²) >= 11 is 0. The van der Waals surface area contributed by atoms with Crippen LogP contribution in [0.4, 0.5) is 36.3 Å². The van der Waals surface area contributed by atoms with E-state index in [2.05, 4.69) is 15.3 Å². The van der Waals surface area contributed by atoms with E-state index in [0.717, 1.165) is 6.20 Å². The molecule has 0 unspecified atom stereocenters. The van der Waals surface area contributed by atoms with E-state index in [1.54, 1.807) is 67.6 Å². The van der Waals surface area contributed by atoms with Crippen molar-refractivity contribution in [2.24, 2.45) is 0 Å². The predicted molar refractivity (Wildman–Crippen MR) is 109 cm³/mol. The summed E-state index contributed by atoms with van der Waals surface area (Å²) in [5.41, 5.74) is 0.187. The van der Waals surface area contributed by atoms with Crippen LogP contribution in [0.1, 0.15) is 12.5 Å². The average Bonchev–Trinajstić information content (AvgIpc) is 2.74. The number of rotatable bonds is 7. The first-order valence-corrected chi connectivity index (χ1v) is 9.13. The van der Waals surface area contributed by atoms with Crippen molar-refractivity contribution in [2.45, 2.75) is 13.1 Å². The molecule has 1 aromatic heterocycles. The van der Waals surface area contributed by atoms with Crippen LogP contribution in [0.5, 0.6) is 11.5 Å². The van der Waals surface area contributed by atoms with Crippen molar-refractivity contribution in [3.05, 3.63) is 60.3 Å². The lowest BCUT2D eigenvalue weighted by Gasteiger charge is -2.20. The van der Waals surface area contributed by atoms with Crippen LogP contribution < -0.4 is 19.7 Å². The molecule has 3 aromatic rings. The van der Waals surface area contributed by atoms with E-state index in [0.29, 0.717) is 29.5 Å². The summed E-state index contributed by atoms with van der Waals surface area (Å²) in [6.45, 7) is 2.35. The van der Waals surface area contributed by atoms with Gasteiger partial charge in [-0.15, -0.1) is 0 Å². The second kappa shape index (κ2) is 8.89. The molecular weight excluding hydrogens is 397 g/mol. The Balaban J connectivity index is 1.93. The Morgan fingerprint density at radius 1 is 1.00 bits per heavy atom. The molecule has 2 aromatic carbocycles. The van der Waals surface area contributed by atoms with Gasteiger partial charge in [0.15, 0.2) is 0 Å². The Labute approximate surface area is 172 Å². The number of halogens is 3. The van der Waals surface area contributed by atoms with Gasteiger partial charge in [-0.2, -0.15) is 18.2 Å². The zero-order valence-electron chi connectivity index (χ0n) is 16.7. The number of anilines is 4. The standard InChI is InChI=1S/C21H21F3N4O2/c1-4-30-17-9-5-14(6-10-17)26-19-18(21(22,23)24)13-25-20(27-19)28(2)15-7-11-16(29-3)12-8-15/h5-13H,4H2,1-3H3,(H,25,26,27). The van der Waals surface area contributed by atoms with Gasteiger partial charge in [-0.1, -0.05) is 0 Å². The van der Waals surface area contributed by atoms with Crippen molar-refractivity contribution >= 4 is 23.1 Å². The van der Waals surface area contributed by atoms with Crippen molar-refractivity contribution in [3.63, 3.8) is 0 Å². The molecule has 9 heteroatoms. The summed E-state index contributed by atoms with van der Waals surface area (Å²) in [6.07, 6.45) is -3.83. The Morgan fingerprint density at radius 3 is 2.20 bits per heavy atom. The van der Waals surface area contributed by atoms with Gasteiger partial charge >= 0.3 is 6.18 Å². The molecule has 1 N–H and O–H groups in total. The maximum absolute atomic E-state index is 13.5. The van der Waals surface area contributed by atoms with Gasteiger partial charge in [-0.05, 0) is 55.5 Å². The van der Waals surface area contributed by atoms with Crippen LogP contribution in [-0.2, 0) is 6.18 Å². The van der Waals surface area contributed by atoms with Gasteiger partial charge in [0.05, 0.1) is 13.7 Å². The topological polar surface area (TPSA) is 59.5 Å². The van der Waals surface area contributed by atoms with E-state index in [-0.39, 0.29) is 11.8 Å². The maximum atomic E-state index is 13.5. The first-order valence-electron chi connectivity index (χ1n) is 9.13. The molecule has 0 saturated carbocycles. The summed E-state index contributed by atoms with van der Waals surface area (Å²) < 4.78 is 50.9. The fourth-order valence-corrected chi connectivity index (χ4v) is 2.70. The van der Waals surface area contributed by atoms with Crippen molar-refractivity contribution in [1.82, 2.24) is 9.97 Å². The molecule has 158 valence electrons. The minimum Gasteiger partial charge on any atom is -0.497 e. The number of methoxy groups -OCH3 is 1. The van der Waals surface area contributed by atoms with E-state index >= 15 is 0 Å². The highest BCUT2D eigenvalue weighted by atomic mass is 19.4. The van der Waals surface area contributed by atoms with Crippen LogP contribution in [0.25, 0.3) is 0 Å². The number of aromatic nitrogens is 2. The van der Waals surface area contributed by atoms with Crippen molar-refractivity contribution < 1.29 is 22.6 Å². The molecule has 0 aliphatic rings. The summed E-state index contributed by atoms with van der Waals surface area (Å²) in [5, 5.41) is 2.74. The molecule has 6 nitrogen and oxygen atoms in total. The third-order valence-electron chi connectivity index (χ3n) is 4.27. The molecule has 0 atom stereocenters. The number of nitrogens with one attached hydrogen (secondary N) is 1. The lowest BCUT2D eigenvalue weighted by Crippen LogP contribution is -2.17. The number of nitrogens with zero attached hydrogens (tertiary/aromatic N) is 3. The van der Waals surface area contributed by atoms with Crippen LogP contribution in [0.2, 0.25) is 0 Å². The van der Waals surface area contributed by atoms with Gasteiger partial charge in [0.25, 0.3) is 0 Å². The van der Waals surface area contributed by atoms with Crippen LogP contribution in [0.3, 0.4) is 0 Å². The quantitative estimate of drug-likeness (QED) is 0.553. The minimum atomic E-state index is -4.61. The molecule has 1 heterocycles. The molecule has 0 fully saturated rings. The van der Waals surface area contributed by atoms with Crippen LogP contribution in [-0.4, -0.2) is 30.7 Å². The molecule has 0 radical (unpaired) electrons. The Hall–Kier alpha value is -3.49. The second-order valence-electron chi connectivity index (χ2n) is 6.27. The lowest BCUT2D eigenvalue weighted by molar-refractivity contribution is -0.137. The van der Waals surface area contributed by atoms with Crippen molar-refractivity contribution in [1.29, 1.82) is 0 Å². The summed E-state index contributed by atoms with van der Waals surface area (Å²) in [5.74, 6) is 1.07. The van der Waals surface area contributed by atoms with E-state index in [9.17, 15) is 13.2 Å². The van der Waals surface area contributed by atoms with Crippen molar-refractivity contribution in [3.8, 4) is 11.5 Å². The Morgan fingerprint density at radius 2 is 1.63 bits per heavy atom. The van der Waals surface area contributed by atoms with E-state index in [1.165, 1.54) is 0 Å². The molecule has 3 rings (SSSR count). The smallest absolute Gasteiger partial charge is 0.421 e. The summed E-state index contributed by atoms with van der Waals surface area (Å²) in [4.78, 5) is 9.63. The van der Waals surface area contributed by atoms with E-state index < -0.39 is 11.7 Å². The fraction of sp³-hybridized carbons (Fsp3) is 0.238. The zero-order valence-corrected chi connectivity index (χ0v) is 16.7. The number of hydrogen-bond donors (Lipinski definition) is 1. The molecule has 0 aliphatic heterocycles. The number of benzene rings is 2. The van der Waals surface area contributed by atoms with Gasteiger partial charge in [-0.25, -0.2) is 4.98 Å². The summed E-state index contributed by atoms with van der Waals surface area (Å²) in [6, 6.07) is 13.6. The van der Waals surface area contributed by atoms with Crippen molar-refractivity contribution in [2.75, 3.05) is 31.0 Å². The molecule has 0 saturated heterocycles. The zero-order chi connectivity index (χ0) is 21.7. The fourth-order valence-electron chi connectivity index (χ4n) is 2.70. The Bertz CT molecular complexity index is 977. The van der Waals surface area contributed by atoms with Crippen LogP contribution in [0.15, 0.2) is 54.7 Å². The van der Waals surface area contributed by atoms with Gasteiger partial charge in [0.1, 0.15) is 22.9 Å². The number of ether oxygens (including phenoxy) is 2. The molecule has 0 amide bonds. The van der Waals surface area contributed by atoms with Gasteiger partial charge in [0, 0.05) is 24.6 Å². The Kier molecular flexibility index (Phi) is 6.29. The maximum Gasteiger partial charge on any atom is 0.421 e. The van der Waals surface area contributed by atoms with Gasteiger partial charge in [0.2, 0.25) is 5.95 Å². The average molecular weight is 418 g/mol. The van der Waals surface area contributed by atoms with Gasteiger partial charge in [-0.3, -0.25) is 0 Å². The molecular formula is C21H21F3N4O2. The highest BCUT2D eigenvalue weighted by molar-refractivity contribution is 5.64. The van der Waals surface area contributed by atoms with E-state index in [1.807, 2.05) is 6.92 Å². The molecule has 0 bridgehead atoms. The third-order valence-corrected chi connectivity index (χ3v) is 4.27. The SMILES string of the molecule is CCOc1ccc(Nc2nc(N(C)c3ccc(OC)cc3)ncc2C(F)(F)F)cc1. The highest BCUT2D eigenvalue weighted by Gasteiger charge is 2.35. The molecule has 0 spiro atoms. The van der Waals surface area contributed by atoms with Crippen LogP contribution in [0, 0.1) is 0 Å². The second-order valence-corrected chi connectivity index (χ2v) is 6.27. The lowest BCUT2D eigenvalue weighted by atomic mass is 10.2. The number of hydrogen-bond acceptors (Lipinski definition) is 6.